The first-order valence-corrected chi connectivity index (χ1v) is 12.5. The van der Waals surface area contributed by atoms with Crippen LogP contribution in [0, 0.1) is 0 Å². The molecule has 0 spiro atoms. The molecule has 0 atom stereocenters. The first kappa shape index (κ1) is 23.4. The third kappa shape index (κ3) is 4.07. The van der Waals surface area contributed by atoms with Crippen LogP contribution in [0.2, 0.25) is 0 Å². The lowest BCUT2D eigenvalue weighted by molar-refractivity contribution is -0.146. The molecule has 6 rings (SSSR count). The lowest BCUT2D eigenvalue weighted by Gasteiger charge is -2.22. The number of hydrogen-bond donors (Lipinski definition) is 2. The zero-order valence-electron chi connectivity index (χ0n) is 21.1. The van der Waals surface area contributed by atoms with Crippen molar-refractivity contribution >= 4 is 28.6 Å². The van der Waals surface area contributed by atoms with Gasteiger partial charge in [0.25, 0.3) is 5.56 Å². The van der Waals surface area contributed by atoms with Crippen LogP contribution in [-0.4, -0.2) is 43.9 Å². The van der Waals surface area contributed by atoms with Crippen molar-refractivity contribution in [3.63, 3.8) is 0 Å². The maximum atomic E-state index is 13.4. The van der Waals surface area contributed by atoms with Gasteiger partial charge in [-0.3, -0.25) is 9.59 Å². The summed E-state index contributed by atoms with van der Waals surface area (Å²) in [7, 11) is 1.36. The van der Waals surface area contributed by atoms with Crippen LogP contribution in [0.15, 0.2) is 47.4 Å². The van der Waals surface area contributed by atoms with Gasteiger partial charge >= 0.3 is 5.97 Å². The van der Waals surface area contributed by atoms with E-state index in [9.17, 15) is 9.59 Å². The molecule has 0 bridgehead atoms. The Morgan fingerprint density at radius 2 is 2.00 bits per heavy atom. The zero-order valence-corrected chi connectivity index (χ0v) is 21.1. The summed E-state index contributed by atoms with van der Waals surface area (Å²) in [4.78, 5) is 39.9. The Labute approximate surface area is 213 Å². The fourth-order valence-corrected chi connectivity index (χ4v) is 4.86. The molecule has 1 aliphatic heterocycles. The number of pyridine rings is 1. The van der Waals surface area contributed by atoms with Crippen molar-refractivity contribution in [1.82, 2.24) is 29.6 Å². The van der Waals surface area contributed by atoms with Crippen molar-refractivity contribution in [3.8, 4) is 5.82 Å². The Morgan fingerprint density at radius 1 is 1.16 bits per heavy atom. The molecule has 4 heterocycles. The van der Waals surface area contributed by atoms with Gasteiger partial charge in [0, 0.05) is 18.4 Å². The van der Waals surface area contributed by atoms with Crippen LogP contribution in [0.4, 0.5) is 11.6 Å². The van der Waals surface area contributed by atoms with E-state index in [1.54, 1.807) is 35.5 Å². The molecular weight excluding hydrogens is 470 g/mol. The highest BCUT2D eigenvalue weighted by Gasteiger charge is 2.34. The van der Waals surface area contributed by atoms with Gasteiger partial charge in [-0.1, -0.05) is 12.1 Å². The largest absolute Gasteiger partial charge is 0.468 e. The number of hydrogen-bond acceptors (Lipinski definition) is 8. The van der Waals surface area contributed by atoms with Gasteiger partial charge in [0.1, 0.15) is 10.8 Å². The van der Waals surface area contributed by atoms with Crippen molar-refractivity contribution in [3.05, 3.63) is 69.8 Å². The molecule has 1 saturated carbocycles. The Morgan fingerprint density at radius 3 is 2.78 bits per heavy atom. The zero-order chi connectivity index (χ0) is 25.7. The summed E-state index contributed by atoms with van der Waals surface area (Å²) in [6.07, 6.45) is 4.36. The topological polar surface area (TPSA) is 116 Å². The molecule has 1 aromatic carbocycles. The predicted octanol–water partition coefficient (Wildman–Crippen LogP) is 3.15. The van der Waals surface area contributed by atoms with Crippen LogP contribution in [0.5, 0.6) is 0 Å². The lowest BCUT2D eigenvalue weighted by atomic mass is 9.89. The molecular formula is C27H29N7O3. The molecule has 190 valence electrons. The fourth-order valence-electron chi connectivity index (χ4n) is 4.86. The highest BCUT2D eigenvalue weighted by molar-refractivity contribution is 5.81. The second kappa shape index (κ2) is 8.81. The molecule has 1 aliphatic carbocycles. The second-order valence-electron chi connectivity index (χ2n) is 10.2. The van der Waals surface area contributed by atoms with Crippen LogP contribution >= 0.6 is 0 Å². The number of rotatable bonds is 6. The number of fused-ring (bicyclic) bond motifs is 2. The molecule has 3 aromatic heterocycles. The summed E-state index contributed by atoms with van der Waals surface area (Å²) >= 11 is 0. The molecule has 0 radical (unpaired) electrons. The van der Waals surface area contributed by atoms with Gasteiger partial charge in [-0.25, -0.2) is 19.3 Å². The van der Waals surface area contributed by atoms with Gasteiger partial charge in [-0.15, -0.1) is 0 Å². The number of benzene rings is 1. The molecule has 10 heteroatoms. The number of anilines is 2. The van der Waals surface area contributed by atoms with Crippen LogP contribution in [-0.2, 0) is 27.9 Å². The molecule has 1 fully saturated rings. The lowest BCUT2D eigenvalue weighted by Crippen LogP contribution is -2.32. The van der Waals surface area contributed by atoms with E-state index in [-0.39, 0.29) is 17.6 Å². The van der Waals surface area contributed by atoms with Crippen molar-refractivity contribution in [2.45, 2.75) is 51.1 Å². The molecule has 4 aromatic rings. The fraction of sp³-hybridized carbons (Fsp3) is 0.370. The van der Waals surface area contributed by atoms with Crippen LogP contribution in [0.1, 0.15) is 49.6 Å². The van der Waals surface area contributed by atoms with Crippen LogP contribution in [0.3, 0.4) is 0 Å². The summed E-state index contributed by atoms with van der Waals surface area (Å²) in [5.41, 5.74) is 3.41. The van der Waals surface area contributed by atoms with Crippen LogP contribution in [0.25, 0.3) is 16.9 Å². The smallest absolute Gasteiger partial charge is 0.317 e. The number of nitrogens with one attached hydrogen (secondary N) is 2. The summed E-state index contributed by atoms with van der Waals surface area (Å²) in [6, 6.07) is 11.8. The minimum Gasteiger partial charge on any atom is -0.468 e. The average molecular weight is 500 g/mol. The molecule has 10 nitrogen and oxygen atoms in total. The SMILES string of the molecule is COC(=O)C(C)(C)c1cccc(-n2c3nc(Nc4ccc5c(c4)CCNC5)ncc3c(=O)n2C2CC2)n1. The maximum Gasteiger partial charge on any atom is 0.317 e. The molecule has 0 amide bonds. The molecule has 0 unspecified atom stereocenters. The summed E-state index contributed by atoms with van der Waals surface area (Å²) in [5.74, 6) is 0.525. The Kier molecular flexibility index (Phi) is 5.56. The molecule has 2 N–H and O–H groups in total. The van der Waals surface area contributed by atoms with Gasteiger partial charge in [0.05, 0.1) is 18.8 Å². The van der Waals surface area contributed by atoms with Crippen molar-refractivity contribution in [1.29, 1.82) is 0 Å². The highest BCUT2D eigenvalue weighted by Crippen LogP contribution is 2.36. The Hall–Kier alpha value is -4.05. The monoisotopic (exact) mass is 499 g/mol. The molecule has 37 heavy (non-hydrogen) atoms. The van der Waals surface area contributed by atoms with Gasteiger partial charge in [0.15, 0.2) is 11.5 Å². The minimum absolute atomic E-state index is 0.0754. The first-order valence-electron chi connectivity index (χ1n) is 12.5. The first-order chi connectivity index (χ1) is 17.9. The number of methoxy groups -OCH3 is 1. The Bertz CT molecular complexity index is 1580. The number of ether oxygens (including phenoxy) is 1. The molecule has 0 saturated heterocycles. The van der Waals surface area contributed by atoms with Crippen LogP contribution < -0.4 is 16.2 Å². The summed E-state index contributed by atoms with van der Waals surface area (Å²) < 4.78 is 8.47. The summed E-state index contributed by atoms with van der Waals surface area (Å²) in [5, 5.41) is 7.12. The number of carbonyl (C=O) groups excluding carboxylic acids is 1. The Balaban J connectivity index is 1.45. The van der Waals surface area contributed by atoms with Crippen molar-refractivity contribution < 1.29 is 9.53 Å². The maximum absolute atomic E-state index is 13.4. The highest BCUT2D eigenvalue weighted by atomic mass is 16.5. The second-order valence-corrected chi connectivity index (χ2v) is 10.2. The number of nitrogens with zero attached hydrogens (tertiary/aromatic N) is 5. The van der Waals surface area contributed by atoms with Crippen molar-refractivity contribution in [2.24, 2.45) is 0 Å². The number of esters is 1. The van der Waals surface area contributed by atoms with E-state index < -0.39 is 5.41 Å². The number of carbonyl (C=O) groups is 1. The van der Waals surface area contributed by atoms with E-state index in [0.29, 0.717) is 28.5 Å². The van der Waals surface area contributed by atoms with E-state index in [0.717, 1.165) is 38.0 Å². The predicted molar refractivity (Wildman–Crippen MR) is 139 cm³/mol. The van der Waals surface area contributed by atoms with Gasteiger partial charge in [-0.05, 0) is 75.0 Å². The minimum atomic E-state index is -0.956. The third-order valence-corrected chi connectivity index (χ3v) is 7.15. The van der Waals surface area contributed by atoms with Gasteiger partial charge < -0.3 is 15.4 Å². The van der Waals surface area contributed by atoms with E-state index in [1.807, 2.05) is 18.2 Å². The molecule has 2 aliphatic rings. The summed E-state index contributed by atoms with van der Waals surface area (Å²) in [6.45, 7) is 5.37. The standard InChI is InChI=1S/C27H29N7O3/c1-27(2,25(36)37-3)21-5-4-6-22(31-21)34-23-20(24(35)33(34)19-9-10-19)15-29-26(32-23)30-18-8-7-17-14-28-12-11-16(17)13-18/h4-8,13,15,19,28H,9-12,14H2,1-3H3,(H,29,30,32). The number of aromatic nitrogens is 5. The third-order valence-electron chi connectivity index (χ3n) is 7.15. The van der Waals surface area contributed by atoms with E-state index >= 15 is 0 Å². The average Bonchev–Trinajstić information content (AvgIpc) is 3.71. The van der Waals surface area contributed by atoms with E-state index in [1.165, 1.54) is 18.2 Å². The van der Waals surface area contributed by atoms with Crippen molar-refractivity contribution in [2.75, 3.05) is 19.0 Å². The van der Waals surface area contributed by atoms with Gasteiger partial charge in [0.2, 0.25) is 5.95 Å². The van der Waals surface area contributed by atoms with Gasteiger partial charge in [-0.2, -0.15) is 4.98 Å². The normalized spacial score (nSPS) is 15.4. The van der Waals surface area contributed by atoms with E-state index in [2.05, 4.69) is 27.8 Å². The quantitative estimate of drug-likeness (QED) is 0.389. The van der Waals surface area contributed by atoms with E-state index in [4.69, 9.17) is 14.7 Å².